The highest BCUT2D eigenvalue weighted by Crippen LogP contribution is 2.41. The van der Waals surface area contributed by atoms with E-state index in [-0.39, 0.29) is 18.9 Å². The van der Waals surface area contributed by atoms with Gasteiger partial charge >= 0.3 is 12.1 Å². The van der Waals surface area contributed by atoms with Crippen LogP contribution in [-0.2, 0) is 29.0 Å². The smallest absolute Gasteiger partial charge is 0.416 e. The van der Waals surface area contributed by atoms with Crippen molar-refractivity contribution in [1.82, 2.24) is 5.32 Å². The van der Waals surface area contributed by atoms with Gasteiger partial charge in [0, 0.05) is 23.1 Å². The molecule has 190 valence electrons. The summed E-state index contributed by atoms with van der Waals surface area (Å²) in [6.45, 7) is 2.59. The first-order valence-electron chi connectivity index (χ1n) is 11.7. The second-order valence-corrected chi connectivity index (χ2v) is 9.69. The van der Waals surface area contributed by atoms with Crippen LogP contribution in [0.4, 0.5) is 13.2 Å². The topological polar surface area (TPSA) is 70.9 Å². The Morgan fingerprint density at radius 3 is 2.57 bits per heavy atom. The normalized spacial score (nSPS) is 15.3. The van der Waals surface area contributed by atoms with Gasteiger partial charge in [-0.1, -0.05) is 64.6 Å². The third kappa shape index (κ3) is 8.07. The lowest BCUT2D eigenvalue weighted by atomic mass is 9.81. The summed E-state index contributed by atoms with van der Waals surface area (Å²) in [7, 11) is 0. The van der Waals surface area contributed by atoms with Crippen LogP contribution in [0, 0.1) is 0 Å². The average molecular weight is 555 g/mol. The summed E-state index contributed by atoms with van der Waals surface area (Å²) in [4.78, 5) is 16.0. The van der Waals surface area contributed by atoms with E-state index in [1.165, 1.54) is 6.07 Å². The minimum atomic E-state index is -4.40. The molecule has 0 spiro atoms. The van der Waals surface area contributed by atoms with Crippen molar-refractivity contribution < 1.29 is 27.9 Å². The minimum Gasteiger partial charge on any atom is -0.481 e. The lowest BCUT2D eigenvalue weighted by molar-refractivity contribution is -0.139. The van der Waals surface area contributed by atoms with E-state index in [0.29, 0.717) is 29.9 Å². The van der Waals surface area contributed by atoms with Crippen molar-refractivity contribution in [3.05, 3.63) is 68.7 Å². The van der Waals surface area contributed by atoms with Crippen LogP contribution in [0.5, 0.6) is 0 Å². The summed E-state index contributed by atoms with van der Waals surface area (Å²) in [5.74, 6) is -0.891. The highest BCUT2D eigenvalue weighted by Gasteiger charge is 2.35. The highest BCUT2D eigenvalue weighted by atomic mass is 79.9. The summed E-state index contributed by atoms with van der Waals surface area (Å²) in [5, 5.41) is 15.9. The first kappa shape index (κ1) is 27.2. The van der Waals surface area contributed by atoms with E-state index in [0.717, 1.165) is 47.7 Å². The van der Waals surface area contributed by atoms with Gasteiger partial charge in [-0.25, -0.2) is 0 Å². The van der Waals surface area contributed by atoms with E-state index in [9.17, 15) is 18.0 Å². The first-order chi connectivity index (χ1) is 16.6. The molecule has 0 atom stereocenters. The summed E-state index contributed by atoms with van der Waals surface area (Å²) in [6, 6.07) is 10.1. The van der Waals surface area contributed by atoms with Gasteiger partial charge in [0.2, 0.25) is 0 Å². The maximum atomic E-state index is 13.8. The third-order valence-corrected chi connectivity index (χ3v) is 6.94. The van der Waals surface area contributed by atoms with Gasteiger partial charge < -0.3 is 15.3 Å². The quantitative estimate of drug-likeness (QED) is 0.188. The van der Waals surface area contributed by atoms with Gasteiger partial charge in [0.15, 0.2) is 0 Å². The fourth-order valence-corrected chi connectivity index (χ4v) is 4.82. The average Bonchev–Trinajstić information content (AvgIpc) is 2.82. The van der Waals surface area contributed by atoms with E-state index in [1.54, 1.807) is 19.1 Å². The lowest BCUT2D eigenvalue weighted by Crippen LogP contribution is -2.17. The molecule has 5 nitrogen and oxygen atoms in total. The molecule has 3 rings (SSSR count). The second-order valence-electron chi connectivity index (χ2n) is 8.83. The molecule has 1 aliphatic carbocycles. The number of rotatable bonds is 10. The summed E-state index contributed by atoms with van der Waals surface area (Å²) in [5.41, 5.74) is 2.61. The zero-order valence-electron chi connectivity index (χ0n) is 19.6. The van der Waals surface area contributed by atoms with E-state index < -0.39 is 17.7 Å². The molecule has 1 fully saturated rings. The van der Waals surface area contributed by atoms with E-state index in [4.69, 9.17) is 9.94 Å². The molecule has 2 aromatic rings. The Bertz CT molecular complexity index is 1050. The van der Waals surface area contributed by atoms with Gasteiger partial charge in [0.05, 0.1) is 17.7 Å². The lowest BCUT2D eigenvalue weighted by Gasteiger charge is -2.25. The van der Waals surface area contributed by atoms with Crippen LogP contribution >= 0.6 is 15.9 Å². The Balaban J connectivity index is 1.63. The van der Waals surface area contributed by atoms with E-state index in [2.05, 4.69) is 26.4 Å². The molecule has 0 saturated heterocycles. The Kier molecular flexibility index (Phi) is 9.74. The summed E-state index contributed by atoms with van der Waals surface area (Å²) in [6.07, 6.45) is 0.276. The Morgan fingerprint density at radius 1 is 1.17 bits per heavy atom. The van der Waals surface area contributed by atoms with Gasteiger partial charge in [-0.2, -0.15) is 13.2 Å². The molecule has 2 aromatic carbocycles. The maximum absolute atomic E-state index is 13.8. The SMILES string of the molecule is CC(=NOCc1ccc(C2CCCCC2)c(C(F)(F)F)c1)c1ccc(CNCCC(=O)O)c(Br)c1. The number of hydrogen-bond donors (Lipinski definition) is 2. The zero-order valence-corrected chi connectivity index (χ0v) is 21.2. The Morgan fingerprint density at radius 2 is 1.91 bits per heavy atom. The zero-order chi connectivity index (χ0) is 25.4. The van der Waals surface area contributed by atoms with Gasteiger partial charge in [-0.05, 0) is 54.5 Å². The Hall–Kier alpha value is -2.39. The van der Waals surface area contributed by atoms with Crippen molar-refractivity contribution in [3.63, 3.8) is 0 Å². The van der Waals surface area contributed by atoms with Crippen molar-refractivity contribution in [2.75, 3.05) is 6.54 Å². The number of nitrogens with one attached hydrogen (secondary N) is 1. The highest BCUT2D eigenvalue weighted by molar-refractivity contribution is 9.10. The number of oxime groups is 1. The minimum absolute atomic E-state index is 0.0376. The molecular weight excluding hydrogens is 525 g/mol. The van der Waals surface area contributed by atoms with Gasteiger partial charge in [0.1, 0.15) is 6.61 Å². The molecule has 1 aliphatic rings. The summed E-state index contributed by atoms with van der Waals surface area (Å²) < 4.78 is 42.1. The number of benzene rings is 2. The number of carboxylic acid groups (broad SMARTS) is 1. The van der Waals surface area contributed by atoms with Crippen molar-refractivity contribution in [1.29, 1.82) is 0 Å². The molecule has 0 aliphatic heterocycles. The van der Waals surface area contributed by atoms with Crippen LogP contribution in [0.3, 0.4) is 0 Å². The molecule has 0 aromatic heterocycles. The molecule has 0 amide bonds. The predicted octanol–water partition coefficient (Wildman–Crippen LogP) is 7.02. The van der Waals surface area contributed by atoms with E-state index >= 15 is 0 Å². The molecular formula is C26H30BrF3N2O3. The van der Waals surface area contributed by atoms with Crippen LogP contribution in [0.25, 0.3) is 0 Å². The molecule has 1 saturated carbocycles. The molecule has 2 N–H and O–H groups in total. The molecule has 0 unspecified atom stereocenters. The molecule has 0 radical (unpaired) electrons. The molecule has 0 heterocycles. The predicted molar refractivity (Wildman–Crippen MR) is 132 cm³/mol. The van der Waals surface area contributed by atoms with Crippen molar-refractivity contribution in [2.24, 2.45) is 5.16 Å². The number of carbonyl (C=O) groups is 1. The van der Waals surface area contributed by atoms with Gasteiger partial charge in [-0.15, -0.1) is 0 Å². The molecule has 9 heteroatoms. The van der Waals surface area contributed by atoms with Crippen molar-refractivity contribution >= 4 is 27.6 Å². The second kappa shape index (κ2) is 12.5. The van der Waals surface area contributed by atoms with Crippen LogP contribution < -0.4 is 5.32 Å². The van der Waals surface area contributed by atoms with Crippen LogP contribution in [0.2, 0.25) is 0 Å². The fraction of sp³-hybridized carbons (Fsp3) is 0.462. The van der Waals surface area contributed by atoms with Crippen molar-refractivity contribution in [2.45, 2.75) is 70.7 Å². The number of nitrogens with zero attached hydrogens (tertiary/aromatic N) is 1. The number of halogens is 4. The number of hydrogen-bond acceptors (Lipinski definition) is 4. The van der Waals surface area contributed by atoms with Gasteiger partial charge in [-0.3, -0.25) is 4.79 Å². The molecule has 35 heavy (non-hydrogen) atoms. The largest absolute Gasteiger partial charge is 0.481 e. The van der Waals surface area contributed by atoms with Crippen LogP contribution in [0.1, 0.15) is 79.2 Å². The van der Waals surface area contributed by atoms with Crippen LogP contribution in [-0.4, -0.2) is 23.3 Å². The standard InChI is InChI=1S/C26H30BrF3N2O3/c1-17(20-8-9-21(24(27)14-20)15-31-12-11-25(33)34)32-35-16-18-7-10-22(19-5-3-2-4-6-19)23(13-18)26(28,29)30/h7-10,13-14,19,31H,2-6,11-12,15-16H2,1H3,(H,33,34). The maximum Gasteiger partial charge on any atom is 0.416 e. The molecule has 0 bridgehead atoms. The van der Waals surface area contributed by atoms with E-state index in [1.807, 2.05) is 18.2 Å². The number of alkyl halides is 3. The monoisotopic (exact) mass is 554 g/mol. The number of aliphatic carboxylic acids is 1. The third-order valence-electron chi connectivity index (χ3n) is 6.20. The first-order valence-corrected chi connectivity index (χ1v) is 12.5. The van der Waals surface area contributed by atoms with Gasteiger partial charge in [0.25, 0.3) is 0 Å². The Labute approximate surface area is 211 Å². The van der Waals surface area contributed by atoms with Crippen molar-refractivity contribution in [3.8, 4) is 0 Å². The van der Waals surface area contributed by atoms with Crippen LogP contribution in [0.15, 0.2) is 46.0 Å². The fourth-order valence-electron chi connectivity index (χ4n) is 4.30. The number of carboxylic acids is 1. The summed E-state index contributed by atoms with van der Waals surface area (Å²) >= 11 is 3.51.